The van der Waals surface area contributed by atoms with Crippen LogP contribution in [0.25, 0.3) is 22.4 Å². The average Bonchev–Trinajstić information content (AvgIpc) is 3.15. The van der Waals surface area contributed by atoms with E-state index in [0.717, 1.165) is 16.7 Å². The number of hydrogen-bond acceptors (Lipinski definition) is 5. The van der Waals surface area contributed by atoms with E-state index in [1.165, 1.54) is 0 Å². The third-order valence-corrected chi connectivity index (χ3v) is 4.48. The fraction of sp³-hybridized carbons (Fsp3) is 0.0455. The molecule has 0 unspecified atom stereocenters. The van der Waals surface area contributed by atoms with Crippen LogP contribution in [-0.4, -0.2) is 28.1 Å². The van der Waals surface area contributed by atoms with Gasteiger partial charge in [0, 0.05) is 29.1 Å². The molecule has 0 spiro atoms. The molecule has 2 aromatic carbocycles. The summed E-state index contributed by atoms with van der Waals surface area (Å²) < 4.78 is 5.27. The molecule has 0 aliphatic heterocycles. The highest BCUT2D eigenvalue weighted by molar-refractivity contribution is 6.15. The lowest BCUT2D eigenvalue weighted by atomic mass is 9.96. The molecule has 0 saturated carbocycles. The molecule has 0 bridgehead atoms. The maximum atomic E-state index is 13.3. The normalized spacial score (nSPS) is 10.6. The molecule has 0 fully saturated rings. The molecule has 0 aliphatic carbocycles. The van der Waals surface area contributed by atoms with Crippen LogP contribution in [0.5, 0.6) is 5.75 Å². The number of nitrogen functional groups attached to an aromatic ring is 1. The smallest absolute Gasteiger partial charge is 0.199 e. The SMILES string of the molecule is COc1cccc(-c2n[nH]c(N)c2C(=O)c2cccc(-c3cccnc3)c2)c1. The number of carbonyl (C=O) groups is 1. The molecular weight excluding hydrogens is 352 g/mol. The standard InChI is InChI=1S/C22H18N4O2/c1-28-18-9-3-6-15(12-18)20-19(22(23)26-25-20)21(27)16-7-2-5-14(11-16)17-8-4-10-24-13-17/h2-13H,1H3,(H3,23,25,26). The van der Waals surface area contributed by atoms with E-state index in [-0.39, 0.29) is 11.6 Å². The van der Waals surface area contributed by atoms with E-state index >= 15 is 0 Å². The van der Waals surface area contributed by atoms with Crippen molar-refractivity contribution in [2.24, 2.45) is 0 Å². The monoisotopic (exact) mass is 370 g/mol. The Morgan fingerprint density at radius 1 is 1.00 bits per heavy atom. The van der Waals surface area contributed by atoms with Crippen LogP contribution in [0.1, 0.15) is 15.9 Å². The third-order valence-electron chi connectivity index (χ3n) is 4.48. The van der Waals surface area contributed by atoms with Gasteiger partial charge in [-0.3, -0.25) is 14.9 Å². The highest BCUT2D eigenvalue weighted by Crippen LogP contribution is 2.30. The van der Waals surface area contributed by atoms with Crippen LogP contribution < -0.4 is 10.5 Å². The topological polar surface area (TPSA) is 93.9 Å². The van der Waals surface area contributed by atoms with Gasteiger partial charge in [-0.25, -0.2) is 0 Å². The molecule has 2 aromatic heterocycles. The number of anilines is 1. The Morgan fingerprint density at radius 3 is 2.57 bits per heavy atom. The Kier molecular flexibility index (Phi) is 4.60. The van der Waals surface area contributed by atoms with Gasteiger partial charge in [-0.05, 0) is 29.8 Å². The number of hydrogen-bond donors (Lipinski definition) is 2. The van der Waals surface area contributed by atoms with E-state index in [2.05, 4.69) is 15.2 Å². The number of carbonyl (C=O) groups excluding carboxylic acids is 1. The van der Waals surface area contributed by atoms with Crippen molar-refractivity contribution in [3.05, 3.63) is 84.2 Å². The summed E-state index contributed by atoms with van der Waals surface area (Å²) >= 11 is 0. The second kappa shape index (κ2) is 7.36. The fourth-order valence-corrected chi connectivity index (χ4v) is 3.08. The van der Waals surface area contributed by atoms with Gasteiger partial charge in [0.1, 0.15) is 17.3 Å². The number of nitrogens with one attached hydrogen (secondary N) is 1. The number of aromatic nitrogens is 3. The Balaban J connectivity index is 1.76. The van der Waals surface area contributed by atoms with E-state index < -0.39 is 0 Å². The maximum absolute atomic E-state index is 13.3. The summed E-state index contributed by atoms with van der Waals surface area (Å²) in [6.07, 6.45) is 3.47. The van der Waals surface area contributed by atoms with Gasteiger partial charge in [-0.2, -0.15) is 5.10 Å². The number of benzene rings is 2. The number of rotatable bonds is 5. The Morgan fingerprint density at radius 2 is 1.79 bits per heavy atom. The van der Waals surface area contributed by atoms with Gasteiger partial charge in [-0.1, -0.05) is 36.4 Å². The first-order valence-corrected chi connectivity index (χ1v) is 8.71. The summed E-state index contributed by atoms with van der Waals surface area (Å²) in [4.78, 5) is 17.4. The first-order valence-electron chi connectivity index (χ1n) is 8.71. The van der Waals surface area contributed by atoms with Crippen LogP contribution in [0.3, 0.4) is 0 Å². The van der Waals surface area contributed by atoms with Crippen molar-refractivity contribution in [1.82, 2.24) is 15.2 Å². The molecule has 138 valence electrons. The maximum Gasteiger partial charge on any atom is 0.199 e. The van der Waals surface area contributed by atoms with E-state index in [1.807, 2.05) is 54.6 Å². The number of ether oxygens (including phenoxy) is 1. The van der Waals surface area contributed by atoms with Crippen LogP contribution in [0.2, 0.25) is 0 Å². The number of nitrogens with two attached hydrogens (primary N) is 1. The summed E-state index contributed by atoms with van der Waals surface area (Å²) in [6.45, 7) is 0. The number of ketones is 1. The molecule has 0 aliphatic rings. The molecule has 28 heavy (non-hydrogen) atoms. The zero-order valence-corrected chi connectivity index (χ0v) is 15.2. The Bertz CT molecular complexity index is 1140. The van der Waals surface area contributed by atoms with Gasteiger partial charge in [0.2, 0.25) is 0 Å². The van der Waals surface area contributed by atoms with Crippen LogP contribution >= 0.6 is 0 Å². The Labute approximate surface area is 162 Å². The molecule has 3 N–H and O–H groups in total. The van der Waals surface area contributed by atoms with E-state index in [0.29, 0.717) is 22.6 Å². The van der Waals surface area contributed by atoms with Crippen molar-refractivity contribution in [1.29, 1.82) is 0 Å². The first kappa shape index (κ1) is 17.5. The molecular formula is C22H18N4O2. The van der Waals surface area contributed by atoms with Crippen LogP contribution in [0.4, 0.5) is 5.82 Å². The van der Waals surface area contributed by atoms with Crippen molar-refractivity contribution in [2.45, 2.75) is 0 Å². The highest BCUT2D eigenvalue weighted by atomic mass is 16.5. The van der Waals surface area contributed by atoms with E-state index in [9.17, 15) is 4.79 Å². The van der Waals surface area contributed by atoms with Gasteiger partial charge >= 0.3 is 0 Å². The average molecular weight is 370 g/mol. The van der Waals surface area contributed by atoms with Gasteiger partial charge in [0.25, 0.3) is 0 Å². The molecule has 2 heterocycles. The van der Waals surface area contributed by atoms with Crippen molar-refractivity contribution in [3.8, 4) is 28.1 Å². The fourth-order valence-electron chi connectivity index (χ4n) is 3.08. The molecule has 4 rings (SSSR count). The van der Waals surface area contributed by atoms with E-state index in [1.54, 1.807) is 25.6 Å². The number of pyridine rings is 1. The second-order valence-corrected chi connectivity index (χ2v) is 6.24. The summed E-state index contributed by atoms with van der Waals surface area (Å²) in [5.74, 6) is 0.709. The Hall–Kier alpha value is -3.93. The molecule has 0 atom stereocenters. The van der Waals surface area contributed by atoms with Crippen LogP contribution in [0, 0.1) is 0 Å². The van der Waals surface area contributed by atoms with Gasteiger partial charge < -0.3 is 10.5 Å². The summed E-state index contributed by atoms with van der Waals surface area (Å²) in [5, 5.41) is 6.98. The van der Waals surface area contributed by atoms with Crippen LogP contribution in [0.15, 0.2) is 73.1 Å². The summed E-state index contributed by atoms with van der Waals surface area (Å²) in [7, 11) is 1.59. The molecule has 0 saturated heterocycles. The number of H-pyrrole nitrogens is 1. The summed E-state index contributed by atoms with van der Waals surface area (Å²) in [6, 6.07) is 18.6. The molecule has 0 amide bonds. The lowest BCUT2D eigenvalue weighted by molar-refractivity contribution is 0.104. The second-order valence-electron chi connectivity index (χ2n) is 6.24. The van der Waals surface area contributed by atoms with Crippen molar-refractivity contribution >= 4 is 11.6 Å². The third kappa shape index (κ3) is 3.23. The number of nitrogens with zero attached hydrogens (tertiary/aromatic N) is 2. The van der Waals surface area contributed by atoms with Crippen molar-refractivity contribution in [2.75, 3.05) is 12.8 Å². The quantitative estimate of drug-likeness (QED) is 0.519. The van der Waals surface area contributed by atoms with Gasteiger partial charge in [-0.15, -0.1) is 0 Å². The van der Waals surface area contributed by atoms with E-state index in [4.69, 9.17) is 10.5 Å². The molecule has 0 radical (unpaired) electrons. The number of methoxy groups -OCH3 is 1. The minimum atomic E-state index is -0.199. The molecule has 6 heteroatoms. The largest absolute Gasteiger partial charge is 0.497 e. The number of aromatic amines is 1. The minimum Gasteiger partial charge on any atom is -0.497 e. The van der Waals surface area contributed by atoms with Crippen molar-refractivity contribution < 1.29 is 9.53 Å². The predicted molar refractivity (Wildman–Crippen MR) is 108 cm³/mol. The highest BCUT2D eigenvalue weighted by Gasteiger charge is 2.22. The first-order chi connectivity index (χ1) is 13.7. The summed E-state index contributed by atoms with van der Waals surface area (Å²) in [5.41, 5.74) is 10.0. The zero-order chi connectivity index (χ0) is 19.5. The van der Waals surface area contributed by atoms with Gasteiger partial charge in [0.15, 0.2) is 5.78 Å². The minimum absolute atomic E-state index is 0.199. The lowest BCUT2D eigenvalue weighted by Crippen LogP contribution is -2.05. The van der Waals surface area contributed by atoms with Gasteiger partial charge in [0.05, 0.1) is 12.7 Å². The van der Waals surface area contributed by atoms with Crippen LogP contribution in [-0.2, 0) is 0 Å². The molecule has 6 nitrogen and oxygen atoms in total. The molecule has 4 aromatic rings. The lowest BCUT2D eigenvalue weighted by Gasteiger charge is -2.07. The predicted octanol–water partition coefficient (Wildman–Crippen LogP) is 3.96. The van der Waals surface area contributed by atoms with Crippen molar-refractivity contribution in [3.63, 3.8) is 0 Å². The zero-order valence-electron chi connectivity index (χ0n) is 15.2.